The molecule has 2 heterocycles. The van der Waals surface area contributed by atoms with Crippen molar-refractivity contribution in [2.24, 2.45) is 0 Å². The van der Waals surface area contributed by atoms with E-state index in [0.717, 1.165) is 5.56 Å². The molecule has 0 amide bonds. The number of ether oxygens (including phenoxy) is 1. The normalized spacial score (nSPS) is 17.5. The van der Waals surface area contributed by atoms with Crippen molar-refractivity contribution < 1.29 is 18.3 Å². The monoisotopic (exact) mass is 425 g/mol. The Morgan fingerprint density at radius 1 is 1.14 bits per heavy atom. The summed E-state index contributed by atoms with van der Waals surface area (Å²) in [4.78, 5) is 6.14. The Labute approximate surface area is 170 Å². The molecule has 1 aromatic heterocycles. The van der Waals surface area contributed by atoms with Gasteiger partial charge in [-0.25, -0.2) is 8.42 Å². The van der Waals surface area contributed by atoms with Crippen LogP contribution in [0.25, 0.3) is 0 Å². The van der Waals surface area contributed by atoms with E-state index in [4.69, 9.17) is 16.3 Å². The molecule has 1 N–H and O–H groups in total. The number of nitrogens with zero attached hydrogens (tertiary/aromatic N) is 3. The SMILES string of the molecule is O=S(=O)(c1cccnc1)N1CCN(CC(O)COCc2ccc(Cl)cc2)CC1. The molecule has 152 valence electrons. The van der Waals surface area contributed by atoms with Gasteiger partial charge in [-0.2, -0.15) is 4.31 Å². The highest BCUT2D eigenvalue weighted by Gasteiger charge is 2.29. The van der Waals surface area contributed by atoms with Crippen LogP contribution in [0.3, 0.4) is 0 Å². The van der Waals surface area contributed by atoms with Crippen LogP contribution < -0.4 is 0 Å². The van der Waals surface area contributed by atoms with Crippen molar-refractivity contribution in [3.8, 4) is 0 Å². The number of aliphatic hydroxyl groups is 1. The zero-order valence-electron chi connectivity index (χ0n) is 15.4. The van der Waals surface area contributed by atoms with Crippen molar-refractivity contribution in [2.45, 2.75) is 17.6 Å². The number of aliphatic hydroxyl groups excluding tert-OH is 1. The minimum Gasteiger partial charge on any atom is -0.389 e. The molecule has 0 bridgehead atoms. The van der Waals surface area contributed by atoms with Crippen molar-refractivity contribution in [1.82, 2.24) is 14.2 Å². The average molecular weight is 426 g/mol. The maximum atomic E-state index is 12.6. The summed E-state index contributed by atoms with van der Waals surface area (Å²) in [7, 11) is -3.51. The molecule has 3 rings (SSSR count). The Balaban J connectivity index is 1.40. The molecule has 1 saturated heterocycles. The van der Waals surface area contributed by atoms with E-state index in [2.05, 4.69) is 4.98 Å². The minimum atomic E-state index is -3.51. The molecule has 1 atom stereocenters. The Morgan fingerprint density at radius 2 is 1.86 bits per heavy atom. The maximum Gasteiger partial charge on any atom is 0.244 e. The van der Waals surface area contributed by atoms with Crippen LogP contribution in [0.4, 0.5) is 0 Å². The number of β-amino-alcohol motifs (C(OH)–C–C–N with tert-alkyl or cyclic N) is 1. The van der Waals surface area contributed by atoms with Gasteiger partial charge in [-0.15, -0.1) is 0 Å². The Morgan fingerprint density at radius 3 is 2.50 bits per heavy atom. The van der Waals surface area contributed by atoms with Crippen molar-refractivity contribution in [1.29, 1.82) is 0 Å². The Bertz CT molecular complexity index is 841. The van der Waals surface area contributed by atoms with Gasteiger partial charge in [0, 0.05) is 50.1 Å². The summed E-state index contributed by atoms with van der Waals surface area (Å²) >= 11 is 5.85. The van der Waals surface area contributed by atoms with Gasteiger partial charge < -0.3 is 9.84 Å². The molecule has 0 saturated carbocycles. The molecule has 1 aliphatic rings. The van der Waals surface area contributed by atoms with E-state index < -0.39 is 16.1 Å². The predicted molar refractivity (Wildman–Crippen MR) is 107 cm³/mol. The maximum absolute atomic E-state index is 12.6. The summed E-state index contributed by atoms with van der Waals surface area (Å²) in [6.07, 6.45) is 2.28. The van der Waals surface area contributed by atoms with E-state index in [1.807, 2.05) is 17.0 Å². The van der Waals surface area contributed by atoms with Crippen LogP contribution >= 0.6 is 11.6 Å². The summed E-state index contributed by atoms with van der Waals surface area (Å²) in [5.41, 5.74) is 0.992. The van der Waals surface area contributed by atoms with Crippen LogP contribution in [0.2, 0.25) is 5.02 Å². The number of benzene rings is 1. The first-order chi connectivity index (χ1) is 13.4. The van der Waals surface area contributed by atoms with E-state index in [9.17, 15) is 13.5 Å². The zero-order valence-corrected chi connectivity index (χ0v) is 17.0. The molecule has 1 fully saturated rings. The standard InChI is InChI=1S/C19H24ClN3O4S/c20-17-5-3-16(4-6-17)14-27-15-18(24)13-22-8-10-23(11-9-22)28(25,26)19-2-1-7-21-12-19/h1-7,12,18,24H,8-11,13-15H2. The van der Waals surface area contributed by atoms with Gasteiger partial charge in [0.2, 0.25) is 10.0 Å². The lowest BCUT2D eigenvalue weighted by molar-refractivity contribution is 0.00539. The molecule has 0 aliphatic carbocycles. The van der Waals surface area contributed by atoms with Crippen LogP contribution in [0, 0.1) is 0 Å². The van der Waals surface area contributed by atoms with E-state index in [1.54, 1.807) is 30.5 Å². The third kappa shape index (κ3) is 5.73. The largest absolute Gasteiger partial charge is 0.389 e. The molecular formula is C19H24ClN3O4S. The van der Waals surface area contributed by atoms with Crippen molar-refractivity contribution in [3.63, 3.8) is 0 Å². The van der Waals surface area contributed by atoms with E-state index >= 15 is 0 Å². The molecule has 1 unspecified atom stereocenters. The molecule has 28 heavy (non-hydrogen) atoms. The fourth-order valence-corrected chi connectivity index (χ4v) is 4.56. The number of pyridine rings is 1. The summed E-state index contributed by atoms with van der Waals surface area (Å²) in [6.45, 7) is 2.97. The van der Waals surface area contributed by atoms with E-state index in [0.29, 0.717) is 44.4 Å². The highest BCUT2D eigenvalue weighted by atomic mass is 35.5. The quantitative estimate of drug-likeness (QED) is 0.692. The highest BCUT2D eigenvalue weighted by molar-refractivity contribution is 7.89. The lowest BCUT2D eigenvalue weighted by Gasteiger charge is -2.34. The molecule has 1 aromatic carbocycles. The van der Waals surface area contributed by atoms with Crippen LogP contribution in [0.5, 0.6) is 0 Å². The van der Waals surface area contributed by atoms with Gasteiger partial charge in [-0.1, -0.05) is 23.7 Å². The summed E-state index contributed by atoms with van der Waals surface area (Å²) in [5, 5.41) is 10.9. The molecule has 2 aromatic rings. The topological polar surface area (TPSA) is 83.0 Å². The van der Waals surface area contributed by atoms with Crippen molar-refractivity contribution in [3.05, 3.63) is 59.4 Å². The van der Waals surface area contributed by atoms with Gasteiger partial charge in [-0.3, -0.25) is 9.88 Å². The summed E-state index contributed by atoms with van der Waals surface area (Å²) in [5.74, 6) is 0. The first-order valence-corrected chi connectivity index (χ1v) is 10.9. The van der Waals surface area contributed by atoms with Crippen LogP contribution in [-0.4, -0.2) is 73.1 Å². The van der Waals surface area contributed by atoms with Gasteiger partial charge in [0.05, 0.1) is 19.3 Å². The Hall–Kier alpha value is -1.55. The number of rotatable bonds is 8. The minimum absolute atomic E-state index is 0.207. The molecular weight excluding hydrogens is 402 g/mol. The number of hydrogen-bond donors (Lipinski definition) is 1. The van der Waals surface area contributed by atoms with Crippen molar-refractivity contribution in [2.75, 3.05) is 39.3 Å². The van der Waals surface area contributed by atoms with Gasteiger partial charge >= 0.3 is 0 Å². The van der Waals surface area contributed by atoms with Gasteiger partial charge in [0.1, 0.15) is 4.90 Å². The smallest absolute Gasteiger partial charge is 0.244 e. The van der Waals surface area contributed by atoms with Crippen LogP contribution in [-0.2, 0) is 21.4 Å². The molecule has 0 spiro atoms. The zero-order chi connectivity index (χ0) is 20.0. The predicted octanol–water partition coefficient (Wildman–Crippen LogP) is 1.62. The lowest BCUT2D eigenvalue weighted by Crippen LogP contribution is -2.50. The summed E-state index contributed by atoms with van der Waals surface area (Å²) in [6, 6.07) is 10.5. The molecule has 1 aliphatic heterocycles. The average Bonchev–Trinajstić information content (AvgIpc) is 2.70. The first kappa shape index (κ1) is 21.2. The van der Waals surface area contributed by atoms with Crippen molar-refractivity contribution >= 4 is 21.6 Å². The number of halogens is 1. The van der Waals surface area contributed by atoms with Gasteiger partial charge in [-0.05, 0) is 29.8 Å². The first-order valence-electron chi connectivity index (χ1n) is 9.08. The molecule has 9 heteroatoms. The molecule has 7 nitrogen and oxygen atoms in total. The van der Waals surface area contributed by atoms with Crippen LogP contribution in [0.1, 0.15) is 5.56 Å². The fourth-order valence-electron chi connectivity index (χ4n) is 3.05. The summed E-state index contributed by atoms with van der Waals surface area (Å²) < 4.78 is 32.2. The second kappa shape index (κ2) is 9.78. The molecule has 0 radical (unpaired) electrons. The third-order valence-corrected chi connectivity index (χ3v) is 6.70. The third-order valence-electron chi connectivity index (χ3n) is 4.56. The van der Waals surface area contributed by atoms with E-state index in [1.165, 1.54) is 10.5 Å². The highest BCUT2D eigenvalue weighted by Crippen LogP contribution is 2.16. The van der Waals surface area contributed by atoms with E-state index in [-0.39, 0.29) is 11.5 Å². The van der Waals surface area contributed by atoms with Gasteiger partial charge in [0.15, 0.2) is 0 Å². The second-order valence-electron chi connectivity index (χ2n) is 6.69. The Kier molecular flexibility index (Phi) is 7.39. The fraction of sp³-hybridized carbons (Fsp3) is 0.421. The number of hydrogen-bond acceptors (Lipinski definition) is 6. The number of piperazine rings is 1. The second-order valence-corrected chi connectivity index (χ2v) is 9.06. The lowest BCUT2D eigenvalue weighted by atomic mass is 10.2. The number of sulfonamides is 1. The van der Waals surface area contributed by atoms with Gasteiger partial charge in [0.25, 0.3) is 0 Å². The number of aromatic nitrogens is 1. The van der Waals surface area contributed by atoms with Crippen LogP contribution in [0.15, 0.2) is 53.7 Å².